The van der Waals surface area contributed by atoms with E-state index >= 15 is 0 Å². The minimum atomic E-state index is -0.111. The van der Waals surface area contributed by atoms with Gasteiger partial charge in [0.1, 0.15) is 11.4 Å². The van der Waals surface area contributed by atoms with Gasteiger partial charge in [0, 0.05) is 19.1 Å². The maximum atomic E-state index is 13.5. The van der Waals surface area contributed by atoms with E-state index in [2.05, 4.69) is 18.7 Å². The molecule has 0 bridgehead atoms. The summed E-state index contributed by atoms with van der Waals surface area (Å²) in [5, 5.41) is 0. The van der Waals surface area contributed by atoms with Crippen LogP contribution >= 0.6 is 0 Å². The molecule has 4 rings (SSSR count). The first-order valence-corrected chi connectivity index (χ1v) is 11.2. The molecule has 0 aromatic heterocycles. The fourth-order valence-electron chi connectivity index (χ4n) is 4.68. The molecular weight excluding hydrogens is 364 g/mol. The summed E-state index contributed by atoms with van der Waals surface area (Å²) in [6, 6.07) is 7.72. The number of hydrogen-bond donors (Lipinski definition) is 0. The number of ether oxygens (including phenoxy) is 1. The molecule has 156 valence electrons. The molecule has 0 unspecified atom stereocenters. The van der Waals surface area contributed by atoms with Gasteiger partial charge in [0.25, 0.3) is 11.8 Å². The van der Waals surface area contributed by atoms with Crippen LogP contribution in [0.4, 0.5) is 0 Å². The summed E-state index contributed by atoms with van der Waals surface area (Å²) in [5.74, 6) is 1.06. The Balaban J connectivity index is 1.65. The zero-order valence-corrected chi connectivity index (χ0v) is 17.7. The van der Waals surface area contributed by atoms with Crippen molar-refractivity contribution in [2.24, 2.45) is 5.92 Å². The summed E-state index contributed by atoms with van der Waals surface area (Å²) < 4.78 is 5.79. The highest BCUT2D eigenvalue weighted by Gasteiger charge is 2.45. The Morgan fingerprint density at radius 3 is 2.21 bits per heavy atom. The highest BCUT2D eigenvalue weighted by molar-refractivity contribution is 6.35. The Bertz CT molecular complexity index is 785. The summed E-state index contributed by atoms with van der Waals surface area (Å²) >= 11 is 0. The van der Waals surface area contributed by atoms with Crippen molar-refractivity contribution in [2.75, 3.05) is 19.7 Å². The lowest BCUT2D eigenvalue weighted by molar-refractivity contribution is -0.140. The van der Waals surface area contributed by atoms with E-state index in [1.165, 1.54) is 6.42 Å². The van der Waals surface area contributed by atoms with Gasteiger partial charge in [-0.25, -0.2) is 0 Å². The van der Waals surface area contributed by atoms with E-state index in [1.807, 2.05) is 24.3 Å². The van der Waals surface area contributed by atoms with Crippen LogP contribution in [0, 0.1) is 5.92 Å². The lowest BCUT2D eigenvalue weighted by Crippen LogP contribution is -2.43. The molecule has 5 heteroatoms. The summed E-state index contributed by atoms with van der Waals surface area (Å²) in [6.07, 6.45) is 7.40. The van der Waals surface area contributed by atoms with Crippen LogP contribution in [0.2, 0.25) is 0 Å². The lowest BCUT2D eigenvalue weighted by atomic mass is 9.94. The Morgan fingerprint density at radius 1 is 0.931 bits per heavy atom. The molecule has 1 aliphatic carbocycles. The first kappa shape index (κ1) is 20.0. The number of carbonyl (C=O) groups excluding carboxylic acids is 2. The Kier molecular flexibility index (Phi) is 5.93. The average molecular weight is 397 g/mol. The minimum Gasteiger partial charge on any atom is -0.493 e. The molecule has 5 nitrogen and oxygen atoms in total. The Morgan fingerprint density at radius 2 is 1.59 bits per heavy atom. The fourth-order valence-corrected chi connectivity index (χ4v) is 4.68. The molecule has 2 heterocycles. The van der Waals surface area contributed by atoms with Crippen molar-refractivity contribution in [3.05, 3.63) is 35.5 Å². The third-order valence-corrected chi connectivity index (χ3v) is 6.18. The van der Waals surface area contributed by atoms with Crippen LogP contribution < -0.4 is 4.74 Å². The van der Waals surface area contributed by atoms with Crippen molar-refractivity contribution in [1.29, 1.82) is 0 Å². The predicted octanol–water partition coefficient (Wildman–Crippen LogP) is 4.23. The second kappa shape index (κ2) is 8.60. The number of hydrogen-bond acceptors (Lipinski definition) is 4. The highest BCUT2D eigenvalue weighted by Crippen LogP contribution is 2.37. The van der Waals surface area contributed by atoms with Gasteiger partial charge in [0.05, 0.1) is 12.2 Å². The largest absolute Gasteiger partial charge is 0.493 e. The topological polar surface area (TPSA) is 49.9 Å². The van der Waals surface area contributed by atoms with E-state index in [4.69, 9.17) is 4.74 Å². The first-order valence-electron chi connectivity index (χ1n) is 11.2. The van der Waals surface area contributed by atoms with Crippen LogP contribution in [0.25, 0.3) is 5.57 Å². The maximum absolute atomic E-state index is 13.5. The van der Waals surface area contributed by atoms with Crippen molar-refractivity contribution < 1.29 is 14.3 Å². The second-order valence-electron chi connectivity index (χ2n) is 8.92. The van der Waals surface area contributed by atoms with E-state index in [1.54, 1.807) is 4.90 Å². The molecule has 2 amide bonds. The second-order valence-corrected chi connectivity index (χ2v) is 8.92. The van der Waals surface area contributed by atoms with Crippen molar-refractivity contribution in [2.45, 2.75) is 64.8 Å². The van der Waals surface area contributed by atoms with Gasteiger partial charge in [0.15, 0.2) is 0 Å². The van der Waals surface area contributed by atoms with Gasteiger partial charge in [0.2, 0.25) is 0 Å². The molecule has 0 spiro atoms. The van der Waals surface area contributed by atoms with Crippen LogP contribution in [-0.2, 0) is 9.59 Å². The van der Waals surface area contributed by atoms with Crippen LogP contribution in [0.15, 0.2) is 30.0 Å². The van der Waals surface area contributed by atoms with E-state index in [0.29, 0.717) is 23.8 Å². The quantitative estimate of drug-likeness (QED) is 0.675. The van der Waals surface area contributed by atoms with E-state index in [-0.39, 0.29) is 17.9 Å². The molecule has 1 saturated heterocycles. The number of likely N-dealkylation sites (tertiary alicyclic amines) is 1. The molecule has 29 heavy (non-hydrogen) atoms. The number of imide groups is 1. The zero-order valence-electron chi connectivity index (χ0n) is 17.7. The Hall–Kier alpha value is -2.30. The number of benzene rings is 1. The molecular formula is C24H32N2O3. The molecule has 0 radical (unpaired) electrons. The summed E-state index contributed by atoms with van der Waals surface area (Å²) in [6.45, 7) is 6.60. The molecule has 1 aromatic rings. The van der Waals surface area contributed by atoms with Gasteiger partial charge in [-0.15, -0.1) is 0 Å². The normalized spacial score (nSPS) is 21.1. The SMILES string of the molecule is CC(C)COc1ccc(C2=C(N3CCCC3)C(=O)N(C3CCCCC3)C2=O)cc1. The third-order valence-electron chi connectivity index (χ3n) is 6.18. The van der Waals surface area contributed by atoms with Crippen molar-refractivity contribution in [3.63, 3.8) is 0 Å². The van der Waals surface area contributed by atoms with Gasteiger partial charge in [-0.3, -0.25) is 14.5 Å². The van der Waals surface area contributed by atoms with Crippen molar-refractivity contribution in [3.8, 4) is 5.75 Å². The maximum Gasteiger partial charge on any atom is 0.278 e. The number of nitrogens with zero attached hydrogens (tertiary/aromatic N) is 2. The highest BCUT2D eigenvalue weighted by atomic mass is 16.5. The number of carbonyl (C=O) groups is 2. The van der Waals surface area contributed by atoms with Crippen molar-refractivity contribution in [1.82, 2.24) is 9.80 Å². The molecule has 0 N–H and O–H groups in total. The van der Waals surface area contributed by atoms with E-state index in [9.17, 15) is 9.59 Å². The van der Waals surface area contributed by atoms with Crippen LogP contribution in [0.3, 0.4) is 0 Å². The van der Waals surface area contributed by atoms with Crippen LogP contribution in [-0.4, -0.2) is 47.4 Å². The fraction of sp³-hybridized carbons (Fsp3) is 0.583. The molecule has 0 atom stereocenters. The predicted molar refractivity (Wildman–Crippen MR) is 113 cm³/mol. The lowest BCUT2D eigenvalue weighted by Gasteiger charge is -2.30. The molecule has 3 aliphatic rings. The summed E-state index contributed by atoms with van der Waals surface area (Å²) in [4.78, 5) is 30.6. The molecule has 1 aromatic carbocycles. The van der Waals surface area contributed by atoms with E-state index < -0.39 is 0 Å². The smallest absolute Gasteiger partial charge is 0.278 e. The standard InChI is InChI=1S/C24H32N2O3/c1-17(2)16-29-20-12-10-18(11-13-20)21-22(25-14-6-7-15-25)24(28)26(23(21)27)19-8-4-3-5-9-19/h10-13,17,19H,3-9,14-16H2,1-2H3. The van der Waals surface area contributed by atoms with Crippen LogP contribution in [0.1, 0.15) is 64.4 Å². The molecule has 2 fully saturated rings. The molecule has 1 saturated carbocycles. The first-order chi connectivity index (χ1) is 14.1. The number of rotatable bonds is 6. The van der Waals surface area contributed by atoms with Gasteiger partial charge in [-0.1, -0.05) is 45.2 Å². The van der Waals surface area contributed by atoms with E-state index in [0.717, 1.165) is 62.9 Å². The Labute approximate surface area is 173 Å². The van der Waals surface area contributed by atoms with Gasteiger partial charge in [-0.05, 0) is 49.3 Å². The van der Waals surface area contributed by atoms with Gasteiger partial charge >= 0.3 is 0 Å². The van der Waals surface area contributed by atoms with Gasteiger partial charge in [-0.2, -0.15) is 0 Å². The zero-order chi connectivity index (χ0) is 20.4. The monoisotopic (exact) mass is 396 g/mol. The average Bonchev–Trinajstić information content (AvgIpc) is 3.33. The number of amides is 2. The van der Waals surface area contributed by atoms with Crippen molar-refractivity contribution >= 4 is 17.4 Å². The summed E-state index contributed by atoms with van der Waals surface area (Å²) in [5.41, 5.74) is 2.02. The third kappa shape index (κ3) is 4.05. The minimum absolute atomic E-state index is 0.0486. The van der Waals surface area contributed by atoms with Gasteiger partial charge < -0.3 is 9.64 Å². The molecule has 2 aliphatic heterocycles. The summed E-state index contributed by atoms with van der Waals surface area (Å²) in [7, 11) is 0. The van der Waals surface area contributed by atoms with Crippen LogP contribution in [0.5, 0.6) is 5.75 Å².